The minimum absolute atomic E-state index is 0.0512. The van der Waals surface area contributed by atoms with Gasteiger partial charge < -0.3 is 4.74 Å². The molecule has 0 aromatic heterocycles. The van der Waals surface area contributed by atoms with E-state index in [-0.39, 0.29) is 10.9 Å². The lowest BCUT2D eigenvalue weighted by Gasteiger charge is -2.28. The van der Waals surface area contributed by atoms with Gasteiger partial charge in [-0.15, -0.1) is 0 Å². The quantitative estimate of drug-likeness (QED) is 0.796. The zero-order valence-corrected chi connectivity index (χ0v) is 14.2. The number of ether oxygens (including phenoxy) is 1. The Bertz CT molecular complexity index is 736. The van der Waals surface area contributed by atoms with E-state index in [2.05, 4.69) is 0 Å². The molecule has 2 bridgehead atoms. The molecule has 1 aromatic rings. The smallest absolute Gasteiger partial charge is 0.335 e. The molecule has 2 unspecified atom stereocenters. The molecule has 23 heavy (non-hydrogen) atoms. The van der Waals surface area contributed by atoms with Crippen LogP contribution in [0, 0.1) is 6.92 Å². The standard InChI is InChI=1S/C17H21NO4S/c1-12-6-9-14(10-7-12)23(20,21)18-13-4-3-5-15(17(19)22-2)16(18)11-8-13/h5-7,9-10,13,16H,3-4,8,11H2,1-2H3. The zero-order valence-electron chi connectivity index (χ0n) is 13.4. The summed E-state index contributed by atoms with van der Waals surface area (Å²) in [4.78, 5) is 12.3. The van der Waals surface area contributed by atoms with Gasteiger partial charge in [-0.1, -0.05) is 23.8 Å². The van der Waals surface area contributed by atoms with Gasteiger partial charge in [0.1, 0.15) is 0 Å². The molecule has 0 amide bonds. The van der Waals surface area contributed by atoms with Crippen LogP contribution in [0.15, 0.2) is 40.8 Å². The largest absolute Gasteiger partial charge is 0.466 e. The van der Waals surface area contributed by atoms with Crippen molar-refractivity contribution in [3.63, 3.8) is 0 Å². The summed E-state index contributed by atoms with van der Waals surface area (Å²) in [7, 11) is -2.30. The Morgan fingerprint density at radius 2 is 1.87 bits per heavy atom. The molecule has 2 atom stereocenters. The third kappa shape index (κ3) is 2.81. The second kappa shape index (κ2) is 6.09. The molecule has 0 radical (unpaired) electrons. The molecule has 0 N–H and O–H groups in total. The van der Waals surface area contributed by atoms with Crippen molar-refractivity contribution in [2.45, 2.75) is 49.6 Å². The topological polar surface area (TPSA) is 63.7 Å². The van der Waals surface area contributed by atoms with E-state index in [0.29, 0.717) is 18.4 Å². The van der Waals surface area contributed by atoms with Crippen molar-refractivity contribution in [3.05, 3.63) is 41.5 Å². The Balaban J connectivity index is 2.02. The Hall–Kier alpha value is -1.66. The lowest BCUT2D eigenvalue weighted by Crippen LogP contribution is -2.42. The number of nitrogens with zero attached hydrogens (tertiary/aromatic N) is 1. The number of esters is 1. The zero-order chi connectivity index (χ0) is 16.6. The van der Waals surface area contributed by atoms with Gasteiger partial charge in [0, 0.05) is 6.04 Å². The fourth-order valence-corrected chi connectivity index (χ4v) is 5.40. The molecule has 0 aliphatic carbocycles. The van der Waals surface area contributed by atoms with E-state index < -0.39 is 22.0 Å². The molecule has 1 aromatic carbocycles. The number of hydrogen-bond acceptors (Lipinski definition) is 4. The maximum atomic E-state index is 13.1. The summed E-state index contributed by atoms with van der Waals surface area (Å²) in [5.41, 5.74) is 1.49. The third-order valence-electron chi connectivity index (χ3n) is 4.68. The number of rotatable bonds is 3. The molecule has 3 rings (SSSR count). The highest BCUT2D eigenvalue weighted by Crippen LogP contribution is 2.39. The van der Waals surface area contributed by atoms with Crippen LogP contribution in [0.1, 0.15) is 31.2 Å². The van der Waals surface area contributed by atoms with Crippen LogP contribution in [-0.2, 0) is 19.6 Å². The van der Waals surface area contributed by atoms with E-state index in [9.17, 15) is 13.2 Å². The van der Waals surface area contributed by atoms with Crippen molar-refractivity contribution >= 4 is 16.0 Å². The number of methoxy groups -OCH3 is 1. The molecule has 6 heteroatoms. The van der Waals surface area contributed by atoms with Crippen molar-refractivity contribution in [1.29, 1.82) is 0 Å². The lowest BCUT2D eigenvalue weighted by atomic mass is 10.00. The van der Waals surface area contributed by atoms with Crippen molar-refractivity contribution in [1.82, 2.24) is 4.31 Å². The minimum Gasteiger partial charge on any atom is -0.466 e. The van der Waals surface area contributed by atoms with E-state index in [1.807, 2.05) is 13.0 Å². The maximum absolute atomic E-state index is 13.1. The van der Waals surface area contributed by atoms with Crippen molar-refractivity contribution in [2.24, 2.45) is 0 Å². The first-order valence-electron chi connectivity index (χ1n) is 7.83. The Morgan fingerprint density at radius 3 is 2.52 bits per heavy atom. The number of aryl methyl sites for hydroxylation is 1. The summed E-state index contributed by atoms with van der Waals surface area (Å²) in [5, 5.41) is 0. The van der Waals surface area contributed by atoms with Gasteiger partial charge >= 0.3 is 5.97 Å². The lowest BCUT2D eigenvalue weighted by molar-refractivity contribution is -0.136. The molecule has 1 saturated heterocycles. The molecule has 124 valence electrons. The number of carbonyl (C=O) groups is 1. The van der Waals surface area contributed by atoms with Crippen LogP contribution in [0.2, 0.25) is 0 Å². The van der Waals surface area contributed by atoms with Gasteiger partial charge in [-0.2, -0.15) is 4.31 Å². The Morgan fingerprint density at radius 1 is 1.17 bits per heavy atom. The summed E-state index contributed by atoms with van der Waals surface area (Å²) in [6.07, 6.45) is 4.72. The number of hydrogen-bond donors (Lipinski definition) is 0. The molecule has 0 saturated carbocycles. The molecule has 1 fully saturated rings. The van der Waals surface area contributed by atoms with Gasteiger partial charge in [-0.3, -0.25) is 0 Å². The normalized spacial score (nSPS) is 24.9. The summed E-state index contributed by atoms with van der Waals surface area (Å²) < 4.78 is 32.6. The van der Waals surface area contributed by atoms with Crippen LogP contribution < -0.4 is 0 Å². The van der Waals surface area contributed by atoms with Gasteiger partial charge in [0.2, 0.25) is 10.0 Å². The fraction of sp³-hybridized carbons (Fsp3) is 0.471. The molecule has 2 heterocycles. The van der Waals surface area contributed by atoms with E-state index in [1.165, 1.54) is 11.4 Å². The number of fused-ring (bicyclic) bond motifs is 2. The highest BCUT2D eigenvalue weighted by atomic mass is 32.2. The molecule has 5 nitrogen and oxygen atoms in total. The molecule has 2 aliphatic rings. The second-order valence-corrected chi connectivity index (χ2v) is 7.97. The van der Waals surface area contributed by atoms with Gasteiger partial charge in [-0.25, -0.2) is 13.2 Å². The average Bonchev–Trinajstić information content (AvgIpc) is 2.84. The maximum Gasteiger partial charge on any atom is 0.335 e. The molecule has 0 spiro atoms. The van der Waals surface area contributed by atoms with E-state index in [0.717, 1.165) is 18.4 Å². The Kier molecular flexibility index (Phi) is 4.29. The highest BCUT2D eigenvalue weighted by molar-refractivity contribution is 7.89. The number of benzene rings is 1. The summed E-state index contributed by atoms with van der Waals surface area (Å²) in [5.74, 6) is -0.429. The monoisotopic (exact) mass is 335 g/mol. The molecular weight excluding hydrogens is 314 g/mol. The fourth-order valence-electron chi connectivity index (χ4n) is 3.52. The van der Waals surface area contributed by atoms with Gasteiger partial charge in [-0.05, 0) is 44.7 Å². The van der Waals surface area contributed by atoms with Crippen LogP contribution in [0.4, 0.5) is 0 Å². The van der Waals surface area contributed by atoms with E-state index in [4.69, 9.17) is 4.74 Å². The van der Waals surface area contributed by atoms with Crippen LogP contribution in [0.5, 0.6) is 0 Å². The van der Waals surface area contributed by atoms with Crippen molar-refractivity contribution in [2.75, 3.05) is 7.11 Å². The van der Waals surface area contributed by atoms with Crippen LogP contribution in [0.3, 0.4) is 0 Å². The summed E-state index contributed by atoms with van der Waals surface area (Å²) in [6, 6.07) is 6.39. The first kappa shape index (κ1) is 16.2. The van der Waals surface area contributed by atoms with Crippen LogP contribution in [0.25, 0.3) is 0 Å². The third-order valence-corrected chi connectivity index (χ3v) is 6.66. The minimum atomic E-state index is -3.63. The first-order valence-corrected chi connectivity index (χ1v) is 9.27. The average molecular weight is 335 g/mol. The van der Waals surface area contributed by atoms with Gasteiger partial charge in [0.05, 0.1) is 23.6 Å². The van der Waals surface area contributed by atoms with Crippen molar-refractivity contribution in [3.8, 4) is 0 Å². The second-order valence-electron chi connectivity index (χ2n) is 6.12. The number of carbonyl (C=O) groups excluding carboxylic acids is 1. The highest BCUT2D eigenvalue weighted by Gasteiger charge is 2.46. The number of allylic oxidation sites excluding steroid dienone is 1. The van der Waals surface area contributed by atoms with Gasteiger partial charge in [0.15, 0.2) is 0 Å². The summed E-state index contributed by atoms with van der Waals surface area (Å²) in [6.45, 7) is 1.92. The molecule has 2 aliphatic heterocycles. The van der Waals surface area contributed by atoms with E-state index >= 15 is 0 Å². The summed E-state index contributed by atoms with van der Waals surface area (Å²) >= 11 is 0. The van der Waals surface area contributed by atoms with E-state index in [1.54, 1.807) is 24.3 Å². The molecular formula is C17H21NO4S. The predicted octanol–water partition coefficient (Wildman–Crippen LogP) is 2.41. The SMILES string of the molecule is COC(=O)C1=CCCC2CCC1N2S(=O)(=O)c1ccc(C)cc1. The van der Waals surface area contributed by atoms with Crippen LogP contribution >= 0.6 is 0 Å². The predicted molar refractivity (Wildman–Crippen MR) is 86.3 cm³/mol. The Labute approximate surface area is 137 Å². The van der Waals surface area contributed by atoms with Crippen molar-refractivity contribution < 1.29 is 17.9 Å². The van der Waals surface area contributed by atoms with Crippen LogP contribution in [-0.4, -0.2) is 37.9 Å². The van der Waals surface area contributed by atoms with Gasteiger partial charge in [0.25, 0.3) is 0 Å². The number of sulfonamides is 1. The first-order chi connectivity index (χ1) is 10.9.